The molecule has 0 fully saturated rings. The van der Waals surface area contributed by atoms with Crippen LogP contribution in [-0.4, -0.2) is 0 Å². The van der Waals surface area contributed by atoms with E-state index in [4.69, 9.17) is 0 Å². The summed E-state index contributed by atoms with van der Waals surface area (Å²) in [7, 11) is 0. The van der Waals surface area contributed by atoms with Crippen LogP contribution in [-0.2, 0) is 0 Å². The topological polar surface area (TPSA) is 27.2 Å². The number of nitrogens with zero attached hydrogens (tertiary/aromatic N) is 7. The molecule has 7 heteroatoms. The zero-order valence-electron chi connectivity index (χ0n) is 74.0. The van der Waals surface area contributed by atoms with E-state index in [-0.39, 0.29) is 0 Å². The highest BCUT2D eigenvalue weighted by Gasteiger charge is 2.24. The van der Waals surface area contributed by atoms with E-state index >= 15 is 0 Å². The van der Waals surface area contributed by atoms with Gasteiger partial charge in [-0.25, -0.2) is 22.8 Å². The standard InChI is InChI=1S/7C15H20N/c1-11(2)13-5-6-15-10-16(12(3)4)8-7-14(15)9-13;1-11(2)14-6-5-13-7-8-16(12(3)4)10-15(13)9-14;1-11(2)14-7-5-6-13-10-16(12(3)4)9-8-15(13)14;1-11(2)14-7-5-6-13-8-9-16(12(3)4)10-15(13)14;1-11(2)15-10-16(12(3)4)9-13-7-5-6-8-14(13)15;1-11(2)14-10-9-13-7-5-6-8-15(13)16(14)12(3)4;1-11(2)15-14-8-6-5-7-13(14)9-10-16(15)12(3)4/h7*5-12H,1-4H3/q7*+1. The molecule has 7 aromatic heterocycles. The number of hydrogen-bond donors (Lipinski definition) is 0. The van der Waals surface area contributed by atoms with Gasteiger partial charge in [-0.2, -0.15) is 9.13 Å². The minimum absolute atomic E-state index is 0.503. The summed E-state index contributed by atoms with van der Waals surface area (Å²) in [5.74, 6) is 4.03. The molecule has 0 saturated carbocycles. The lowest BCUT2D eigenvalue weighted by Crippen LogP contribution is -2.41. The van der Waals surface area contributed by atoms with E-state index in [1.165, 1.54) is 115 Å². The number of benzene rings is 7. The van der Waals surface area contributed by atoms with E-state index in [0.717, 1.165) is 0 Å². The van der Waals surface area contributed by atoms with Crippen LogP contribution >= 0.6 is 0 Å². The van der Waals surface area contributed by atoms with Crippen LogP contribution in [0.15, 0.2) is 256 Å². The normalized spacial score (nSPS) is 11.6. The summed E-state index contributed by atoms with van der Waals surface area (Å²) in [4.78, 5) is 0. The third kappa shape index (κ3) is 23.1. The van der Waals surface area contributed by atoms with Crippen molar-refractivity contribution in [3.8, 4) is 0 Å². The molecule has 0 aliphatic carbocycles. The van der Waals surface area contributed by atoms with Gasteiger partial charge in [-0.15, -0.1) is 0 Å². The van der Waals surface area contributed by atoms with Crippen molar-refractivity contribution in [2.24, 2.45) is 0 Å². The van der Waals surface area contributed by atoms with E-state index in [9.17, 15) is 0 Å². The van der Waals surface area contributed by atoms with Crippen molar-refractivity contribution in [2.75, 3.05) is 0 Å². The highest BCUT2D eigenvalue weighted by Crippen LogP contribution is 2.30. The van der Waals surface area contributed by atoms with Crippen molar-refractivity contribution in [1.29, 1.82) is 0 Å². The summed E-state index contributed by atoms with van der Waals surface area (Å²) in [6.07, 6.45) is 24.4. The fourth-order valence-electron chi connectivity index (χ4n) is 14.7. The van der Waals surface area contributed by atoms with Gasteiger partial charge in [-0.3, -0.25) is 0 Å². The maximum absolute atomic E-state index is 2.44. The summed E-state index contributed by atoms with van der Waals surface area (Å²) < 4.78 is 16.2. The monoisotopic (exact) mass is 1500 g/mol. The van der Waals surface area contributed by atoms with Crippen LogP contribution in [0, 0.1) is 0 Å². The molecular formula is C105H140N7+7. The Morgan fingerprint density at radius 2 is 0.598 bits per heavy atom. The van der Waals surface area contributed by atoms with Crippen LogP contribution in [0.4, 0.5) is 0 Å². The van der Waals surface area contributed by atoms with Crippen molar-refractivity contribution in [3.63, 3.8) is 0 Å². The molecule has 0 aliphatic heterocycles. The fraction of sp³-hybridized carbons (Fsp3) is 0.400. The molecule has 0 spiro atoms. The maximum Gasteiger partial charge on any atom is 0.212 e. The Morgan fingerprint density at radius 3 is 1.12 bits per heavy atom. The first-order chi connectivity index (χ1) is 53.1. The number of aromatic nitrogens is 7. The molecule has 7 nitrogen and oxygen atoms in total. The molecule has 0 amide bonds. The Bertz CT molecular complexity index is 5100. The summed E-state index contributed by atoms with van der Waals surface area (Å²) in [5, 5.41) is 17.5. The first-order valence-corrected chi connectivity index (χ1v) is 42.2. The lowest BCUT2D eigenvalue weighted by molar-refractivity contribution is -0.722. The first-order valence-electron chi connectivity index (χ1n) is 42.2. The molecular weight excluding hydrogens is 1360 g/mol. The number of para-hydroxylation sites is 1. The van der Waals surface area contributed by atoms with Gasteiger partial charge in [0.05, 0.1) is 0 Å². The zero-order valence-corrected chi connectivity index (χ0v) is 74.0. The summed E-state index contributed by atoms with van der Waals surface area (Å²) in [6.45, 7) is 62.6. The quantitative estimate of drug-likeness (QED) is 0.0971. The van der Waals surface area contributed by atoms with E-state index in [1.54, 1.807) is 0 Å². The highest BCUT2D eigenvalue weighted by atomic mass is 15.0. The second kappa shape index (κ2) is 40.7. The van der Waals surface area contributed by atoms with Gasteiger partial charge < -0.3 is 0 Å². The van der Waals surface area contributed by atoms with Crippen LogP contribution in [0.25, 0.3) is 75.5 Å². The zero-order chi connectivity index (χ0) is 81.9. The van der Waals surface area contributed by atoms with Gasteiger partial charge in [-0.05, 0) is 224 Å². The van der Waals surface area contributed by atoms with Crippen molar-refractivity contribution in [2.45, 2.75) is 278 Å². The van der Waals surface area contributed by atoms with E-state index in [1.807, 2.05) is 0 Å². The number of hydrogen-bond acceptors (Lipinski definition) is 0. The molecule has 0 radical (unpaired) electrons. The van der Waals surface area contributed by atoms with E-state index in [0.29, 0.717) is 83.7 Å². The average Bonchev–Trinajstić information content (AvgIpc) is 0.806. The highest BCUT2D eigenvalue weighted by molar-refractivity contribution is 5.87. The molecule has 0 saturated heterocycles. The minimum atomic E-state index is 0.503. The molecule has 14 rings (SSSR count). The molecule has 14 aromatic rings. The van der Waals surface area contributed by atoms with Gasteiger partial charge in [0.2, 0.25) is 5.52 Å². The van der Waals surface area contributed by atoms with Crippen molar-refractivity contribution >= 4 is 75.5 Å². The predicted octanol–water partition coefficient (Wildman–Crippen LogP) is 26.8. The van der Waals surface area contributed by atoms with Gasteiger partial charge in [0, 0.05) is 97.6 Å². The van der Waals surface area contributed by atoms with Gasteiger partial charge in [0.15, 0.2) is 122 Å². The molecule has 7 aromatic carbocycles. The minimum Gasteiger partial charge on any atom is -0.202 e. The van der Waals surface area contributed by atoms with Crippen LogP contribution in [0.2, 0.25) is 0 Å². The Morgan fingerprint density at radius 1 is 0.205 bits per heavy atom. The fourth-order valence-corrected chi connectivity index (χ4v) is 14.7. The van der Waals surface area contributed by atoms with Gasteiger partial charge in [-0.1, -0.05) is 200 Å². The molecule has 112 heavy (non-hydrogen) atoms. The number of rotatable bonds is 14. The largest absolute Gasteiger partial charge is 0.212 e. The SMILES string of the molecule is CC(C)c1c2ccccc2cc[n+]1C(C)C.CC(C)c1c[n+](C(C)C)cc2ccccc12.CC(C)c1ccc2c[n+](C(C)C)ccc2c1.CC(C)c1ccc2cc[n+](C(C)C)cc2c1.CC(C)c1ccc2ccccc2[n+]1C(C)C.CC(C)c1cccc2c[n+](C(C)C)ccc12.CC(C)c1cccc2cc[n+](C(C)C)cc12. The van der Waals surface area contributed by atoms with E-state index < -0.39 is 0 Å². The summed E-state index contributed by atoms with van der Waals surface area (Å²) in [6, 6.07) is 71.7. The molecule has 0 unspecified atom stereocenters. The Hall–Kier alpha value is -9.59. The smallest absolute Gasteiger partial charge is 0.202 e. The number of pyridine rings is 7. The van der Waals surface area contributed by atoms with Crippen molar-refractivity contribution in [1.82, 2.24) is 0 Å². The third-order valence-electron chi connectivity index (χ3n) is 21.5. The summed E-state index contributed by atoms with van der Waals surface area (Å²) >= 11 is 0. The molecule has 0 aliphatic rings. The van der Waals surface area contributed by atoms with Gasteiger partial charge >= 0.3 is 0 Å². The molecule has 7 heterocycles. The molecule has 0 atom stereocenters. The van der Waals surface area contributed by atoms with Crippen molar-refractivity contribution in [3.05, 3.63) is 295 Å². The van der Waals surface area contributed by atoms with Crippen LogP contribution in [0.5, 0.6) is 0 Å². The third-order valence-corrected chi connectivity index (χ3v) is 21.5. The second-order valence-corrected chi connectivity index (χ2v) is 34.9. The van der Waals surface area contributed by atoms with Gasteiger partial charge in [0.25, 0.3) is 0 Å². The predicted molar refractivity (Wildman–Crippen MR) is 480 cm³/mol. The van der Waals surface area contributed by atoms with Crippen LogP contribution in [0.1, 0.15) is 317 Å². The van der Waals surface area contributed by atoms with Crippen LogP contribution in [0.3, 0.4) is 0 Å². The Balaban J connectivity index is 0.000000164. The van der Waals surface area contributed by atoms with E-state index in [2.05, 4.69) is 482 Å². The van der Waals surface area contributed by atoms with Gasteiger partial charge in [0.1, 0.15) is 0 Å². The lowest BCUT2D eigenvalue weighted by Gasteiger charge is -2.12. The molecule has 0 bridgehead atoms. The van der Waals surface area contributed by atoms with Crippen molar-refractivity contribution < 1.29 is 32.0 Å². The molecule has 0 N–H and O–H groups in total. The van der Waals surface area contributed by atoms with Crippen LogP contribution < -0.4 is 32.0 Å². The Labute approximate surface area is 676 Å². The maximum atomic E-state index is 2.44. The summed E-state index contributed by atoms with van der Waals surface area (Å²) in [5.41, 5.74) is 11.3. The first kappa shape index (κ1) is 88.0. The lowest BCUT2D eigenvalue weighted by atomic mass is 9.97. The average molecular weight is 1500 g/mol. The molecule has 588 valence electrons. The second-order valence-electron chi connectivity index (χ2n) is 34.9. The number of fused-ring (bicyclic) bond motifs is 7. The Kier molecular flexibility index (Phi) is 32.0.